The van der Waals surface area contributed by atoms with Gasteiger partial charge in [0.05, 0.1) is 25.1 Å². The summed E-state index contributed by atoms with van der Waals surface area (Å²) >= 11 is 1.46. The van der Waals surface area contributed by atoms with E-state index in [1.165, 1.54) is 28.6 Å². The minimum Gasteiger partial charge on any atom is -0.493 e. The Hall–Kier alpha value is -2.32. The van der Waals surface area contributed by atoms with E-state index in [1.807, 2.05) is 18.2 Å². The first-order valence-corrected chi connectivity index (χ1v) is 9.52. The molecule has 0 amide bonds. The molecule has 8 heteroatoms. The Morgan fingerprint density at radius 1 is 1.15 bits per heavy atom. The van der Waals surface area contributed by atoms with Gasteiger partial charge in [0.15, 0.2) is 11.5 Å². The van der Waals surface area contributed by atoms with E-state index in [9.17, 15) is 5.11 Å². The molecule has 1 aliphatic heterocycles. The van der Waals surface area contributed by atoms with Gasteiger partial charge in [-0.2, -0.15) is 9.61 Å². The molecule has 1 aliphatic rings. The Morgan fingerprint density at radius 3 is 2.65 bits per heavy atom. The van der Waals surface area contributed by atoms with E-state index in [1.54, 1.807) is 14.2 Å². The molecule has 3 aromatic rings. The van der Waals surface area contributed by atoms with Crippen molar-refractivity contribution in [3.63, 3.8) is 0 Å². The molecule has 3 heterocycles. The van der Waals surface area contributed by atoms with E-state index in [4.69, 9.17) is 9.47 Å². The van der Waals surface area contributed by atoms with E-state index in [0.29, 0.717) is 16.5 Å². The number of likely N-dealkylation sites (tertiary alicyclic amines) is 1. The SMILES string of the molecule is COc1cccc([C@H](c2sc3ncnn3c2O)N2CCCCC2)c1OC. The fourth-order valence-electron chi connectivity index (χ4n) is 3.68. The van der Waals surface area contributed by atoms with E-state index in [0.717, 1.165) is 36.4 Å². The molecular weight excluding hydrogens is 352 g/mol. The van der Waals surface area contributed by atoms with Gasteiger partial charge in [-0.3, -0.25) is 4.90 Å². The number of thiazole rings is 1. The lowest BCUT2D eigenvalue weighted by atomic mass is 9.99. The van der Waals surface area contributed by atoms with E-state index >= 15 is 0 Å². The minimum atomic E-state index is -0.131. The van der Waals surface area contributed by atoms with Crippen molar-refractivity contribution in [2.24, 2.45) is 0 Å². The molecule has 0 saturated carbocycles. The lowest BCUT2D eigenvalue weighted by molar-refractivity contribution is 0.183. The number of piperidine rings is 1. The molecule has 1 atom stereocenters. The van der Waals surface area contributed by atoms with Crippen LogP contribution in [0.15, 0.2) is 24.5 Å². The molecule has 138 valence electrons. The average molecular weight is 374 g/mol. The number of nitrogens with zero attached hydrogens (tertiary/aromatic N) is 4. The van der Waals surface area contributed by atoms with Crippen molar-refractivity contribution < 1.29 is 14.6 Å². The topological polar surface area (TPSA) is 72.1 Å². The third kappa shape index (κ3) is 2.79. The molecule has 1 saturated heterocycles. The normalized spacial score (nSPS) is 16.7. The third-order valence-corrected chi connectivity index (χ3v) is 5.96. The summed E-state index contributed by atoms with van der Waals surface area (Å²) in [6.07, 6.45) is 4.98. The van der Waals surface area contributed by atoms with Crippen LogP contribution in [0.4, 0.5) is 0 Å². The number of aromatic nitrogens is 3. The van der Waals surface area contributed by atoms with E-state index in [-0.39, 0.29) is 11.9 Å². The summed E-state index contributed by atoms with van der Waals surface area (Å²) < 4.78 is 12.7. The lowest BCUT2D eigenvalue weighted by Gasteiger charge is -2.35. The molecule has 1 fully saturated rings. The van der Waals surface area contributed by atoms with Gasteiger partial charge in [0, 0.05) is 5.56 Å². The van der Waals surface area contributed by atoms with Gasteiger partial charge in [0.1, 0.15) is 6.33 Å². The van der Waals surface area contributed by atoms with Gasteiger partial charge in [-0.15, -0.1) is 0 Å². The van der Waals surface area contributed by atoms with Gasteiger partial charge in [-0.05, 0) is 32.0 Å². The van der Waals surface area contributed by atoms with Gasteiger partial charge < -0.3 is 14.6 Å². The Bertz CT molecular complexity index is 901. The molecular formula is C18H22N4O3S. The highest BCUT2D eigenvalue weighted by Gasteiger charge is 2.32. The zero-order chi connectivity index (χ0) is 18.1. The fourth-order valence-corrected chi connectivity index (χ4v) is 4.76. The highest BCUT2D eigenvalue weighted by molar-refractivity contribution is 7.17. The average Bonchev–Trinajstić information content (AvgIpc) is 3.26. The molecule has 0 aliphatic carbocycles. The number of hydrogen-bond acceptors (Lipinski definition) is 7. The second kappa shape index (κ2) is 7.13. The zero-order valence-electron chi connectivity index (χ0n) is 14.9. The second-order valence-electron chi connectivity index (χ2n) is 6.33. The monoisotopic (exact) mass is 374 g/mol. The van der Waals surface area contributed by atoms with Crippen LogP contribution >= 0.6 is 11.3 Å². The van der Waals surface area contributed by atoms with E-state index < -0.39 is 0 Å². The van der Waals surface area contributed by atoms with Crippen LogP contribution in [0.5, 0.6) is 17.4 Å². The molecule has 4 rings (SSSR count). The lowest BCUT2D eigenvalue weighted by Crippen LogP contribution is -2.34. The highest BCUT2D eigenvalue weighted by Crippen LogP contribution is 2.45. The molecule has 0 unspecified atom stereocenters. The number of para-hydroxylation sites is 1. The number of ether oxygens (including phenoxy) is 2. The summed E-state index contributed by atoms with van der Waals surface area (Å²) in [5.74, 6) is 1.53. The fraction of sp³-hybridized carbons (Fsp3) is 0.444. The number of aromatic hydroxyl groups is 1. The first kappa shape index (κ1) is 17.1. The predicted molar refractivity (Wildman–Crippen MR) is 99.3 cm³/mol. The number of methoxy groups -OCH3 is 2. The summed E-state index contributed by atoms with van der Waals surface area (Å²) in [4.78, 5) is 8.14. The van der Waals surface area contributed by atoms with Crippen molar-refractivity contribution in [1.82, 2.24) is 19.5 Å². The Kier molecular flexibility index (Phi) is 4.69. The highest BCUT2D eigenvalue weighted by atomic mass is 32.1. The number of benzene rings is 1. The Labute approximate surface area is 155 Å². The third-order valence-electron chi connectivity index (χ3n) is 4.87. The molecule has 0 radical (unpaired) electrons. The van der Waals surface area contributed by atoms with Crippen LogP contribution < -0.4 is 9.47 Å². The van der Waals surface area contributed by atoms with Crippen molar-refractivity contribution in [2.45, 2.75) is 25.3 Å². The minimum absolute atomic E-state index is 0.131. The van der Waals surface area contributed by atoms with Crippen molar-refractivity contribution in [3.8, 4) is 17.4 Å². The van der Waals surface area contributed by atoms with Crippen molar-refractivity contribution in [1.29, 1.82) is 0 Å². The van der Waals surface area contributed by atoms with Gasteiger partial charge in [-0.1, -0.05) is 29.9 Å². The summed E-state index contributed by atoms with van der Waals surface area (Å²) in [7, 11) is 3.29. The van der Waals surface area contributed by atoms with Crippen LogP contribution in [-0.4, -0.2) is 51.9 Å². The van der Waals surface area contributed by atoms with Crippen LogP contribution in [0.2, 0.25) is 0 Å². The quantitative estimate of drug-likeness (QED) is 0.740. The summed E-state index contributed by atoms with van der Waals surface area (Å²) in [6, 6.07) is 5.75. The molecule has 0 spiro atoms. The Morgan fingerprint density at radius 2 is 1.96 bits per heavy atom. The van der Waals surface area contributed by atoms with Crippen molar-refractivity contribution in [3.05, 3.63) is 35.0 Å². The maximum Gasteiger partial charge on any atom is 0.230 e. The van der Waals surface area contributed by atoms with E-state index in [2.05, 4.69) is 15.0 Å². The van der Waals surface area contributed by atoms with Gasteiger partial charge in [0.25, 0.3) is 0 Å². The Balaban J connectivity index is 1.89. The molecule has 7 nitrogen and oxygen atoms in total. The molecule has 1 aromatic carbocycles. The largest absolute Gasteiger partial charge is 0.493 e. The summed E-state index contributed by atoms with van der Waals surface area (Å²) in [6.45, 7) is 1.94. The molecule has 0 bridgehead atoms. The maximum atomic E-state index is 10.8. The number of rotatable bonds is 5. The standard InChI is InChI=1S/C18H22N4O3S/c1-24-13-8-6-7-12(15(13)25-2)14(21-9-4-3-5-10-21)16-17(23)22-18(26-16)19-11-20-22/h6-8,11,14,23H,3-5,9-10H2,1-2H3/t14-/m1/s1. The van der Waals surface area contributed by atoms with Crippen LogP contribution in [0.25, 0.3) is 4.96 Å². The predicted octanol–water partition coefficient (Wildman–Crippen LogP) is 3.09. The second-order valence-corrected chi connectivity index (χ2v) is 7.34. The first-order chi connectivity index (χ1) is 12.7. The number of hydrogen-bond donors (Lipinski definition) is 1. The number of fused-ring (bicyclic) bond motifs is 1. The first-order valence-electron chi connectivity index (χ1n) is 8.71. The van der Waals surface area contributed by atoms with Crippen molar-refractivity contribution >= 4 is 16.3 Å². The van der Waals surface area contributed by atoms with Crippen LogP contribution in [0.3, 0.4) is 0 Å². The molecule has 2 aromatic heterocycles. The van der Waals surface area contributed by atoms with Crippen LogP contribution in [-0.2, 0) is 0 Å². The van der Waals surface area contributed by atoms with Gasteiger partial charge >= 0.3 is 0 Å². The van der Waals surface area contributed by atoms with Gasteiger partial charge in [0.2, 0.25) is 10.8 Å². The van der Waals surface area contributed by atoms with Crippen molar-refractivity contribution in [2.75, 3.05) is 27.3 Å². The summed E-state index contributed by atoms with van der Waals surface area (Å²) in [5, 5.41) is 14.9. The summed E-state index contributed by atoms with van der Waals surface area (Å²) in [5.41, 5.74) is 0.980. The smallest absolute Gasteiger partial charge is 0.230 e. The zero-order valence-corrected chi connectivity index (χ0v) is 15.7. The maximum absolute atomic E-state index is 10.8. The van der Waals surface area contributed by atoms with Crippen LogP contribution in [0, 0.1) is 0 Å². The molecule has 26 heavy (non-hydrogen) atoms. The van der Waals surface area contributed by atoms with Gasteiger partial charge in [-0.25, -0.2) is 4.98 Å². The van der Waals surface area contributed by atoms with Crippen LogP contribution in [0.1, 0.15) is 35.7 Å². The molecule has 1 N–H and O–H groups in total.